The number of benzene rings is 2. The van der Waals surface area contributed by atoms with Crippen LogP contribution in [0, 0.1) is 6.92 Å². The number of amides is 1. The van der Waals surface area contributed by atoms with Crippen molar-refractivity contribution in [3.05, 3.63) is 64.8 Å². The van der Waals surface area contributed by atoms with Crippen LogP contribution in [0.25, 0.3) is 10.9 Å². The summed E-state index contributed by atoms with van der Waals surface area (Å²) in [5, 5.41) is 3.99. The molecule has 1 amide bonds. The van der Waals surface area contributed by atoms with Crippen molar-refractivity contribution in [2.24, 2.45) is 0 Å². The molecule has 8 heteroatoms. The number of piperidine rings is 1. The normalized spacial score (nSPS) is 15.3. The zero-order valence-corrected chi connectivity index (χ0v) is 18.1. The average molecular weight is 444 g/mol. The van der Waals surface area contributed by atoms with E-state index in [1.807, 2.05) is 0 Å². The third kappa shape index (κ3) is 4.19. The number of hydrogen-bond acceptors (Lipinski definition) is 4. The Morgan fingerprint density at radius 2 is 1.80 bits per heavy atom. The minimum absolute atomic E-state index is 0.236. The first-order valence-corrected chi connectivity index (χ1v) is 11.6. The van der Waals surface area contributed by atoms with Crippen molar-refractivity contribution < 1.29 is 13.2 Å². The van der Waals surface area contributed by atoms with Gasteiger partial charge in [-0.25, -0.2) is 13.4 Å². The van der Waals surface area contributed by atoms with Crippen LogP contribution in [0.1, 0.15) is 35.2 Å². The maximum absolute atomic E-state index is 13.1. The zero-order valence-electron chi connectivity index (χ0n) is 16.6. The van der Waals surface area contributed by atoms with Gasteiger partial charge in [-0.3, -0.25) is 4.79 Å². The van der Waals surface area contributed by atoms with Gasteiger partial charge in [0.2, 0.25) is 10.0 Å². The van der Waals surface area contributed by atoms with Gasteiger partial charge in [-0.15, -0.1) is 0 Å². The Kier molecular flexibility index (Phi) is 5.77. The van der Waals surface area contributed by atoms with Crippen molar-refractivity contribution in [3.63, 3.8) is 0 Å². The molecule has 0 saturated carbocycles. The second-order valence-electron chi connectivity index (χ2n) is 7.44. The van der Waals surface area contributed by atoms with Crippen LogP contribution in [0.15, 0.2) is 53.4 Å². The first-order valence-electron chi connectivity index (χ1n) is 9.83. The van der Waals surface area contributed by atoms with Crippen molar-refractivity contribution >= 4 is 44.1 Å². The number of rotatable bonds is 4. The van der Waals surface area contributed by atoms with Crippen LogP contribution in [0.3, 0.4) is 0 Å². The van der Waals surface area contributed by atoms with Gasteiger partial charge in [0.15, 0.2) is 0 Å². The summed E-state index contributed by atoms with van der Waals surface area (Å²) in [6.07, 6.45) is 2.79. The van der Waals surface area contributed by atoms with E-state index in [4.69, 9.17) is 11.6 Å². The summed E-state index contributed by atoms with van der Waals surface area (Å²) in [5.74, 6) is -0.322. The average Bonchev–Trinajstić information content (AvgIpc) is 2.75. The molecule has 0 bridgehead atoms. The molecule has 1 fully saturated rings. The molecule has 1 N–H and O–H groups in total. The molecule has 2 aromatic carbocycles. The molecule has 0 radical (unpaired) electrons. The first kappa shape index (κ1) is 20.8. The van der Waals surface area contributed by atoms with Crippen molar-refractivity contribution in [2.75, 3.05) is 18.4 Å². The minimum atomic E-state index is -3.59. The van der Waals surface area contributed by atoms with Gasteiger partial charge in [-0.05, 0) is 67.8 Å². The second kappa shape index (κ2) is 8.34. The molecule has 2 heterocycles. The van der Waals surface area contributed by atoms with E-state index in [2.05, 4.69) is 10.3 Å². The molecule has 156 valence electrons. The van der Waals surface area contributed by atoms with E-state index < -0.39 is 10.0 Å². The Balaban J connectivity index is 1.60. The topological polar surface area (TPSA) is 79.4 Å². The van der Waals surface area contributed by atoms with Gasteiger partial charge in [0.25, 0.3) is 5.91 Å². The maximum atomic E-state index is 13.1. The molecule has 1 aliphatic heterocycles. The molecule has 1 aliphatic rings. The largest absolute Gasteiger partial charge is 0.322 e. The fourth-order valence-corrected chi connectivity index (χ4v) is 5.57. The molecule has 0 aliphatic carbocycles. The second-order valence-corrected chi connectivity index (χ2v) is 9.73. The van der Waals surface area contributed by atoms with Gasteiger partial charge in [0, 0.05) is 29.7 Å². The number of aromatic nitrogens is 1. The van der Waals surface area contributed by atoms with Gasteiger partial charge < -0.3 is 5.32 Å². The number of fused-ring (bicyclic) bond motifs is 1. The number of pyridine rings is 1. The molecule has 1 saturated heterocycles. The fourth-order valence-electron chi connectivity index (χ4n) is 3.65. The predicted molar refractivity (Wildman–Crippen MR) is 118 cm³/mol. The van der Waals surface area contributed by atoms with Crippen molar-refractivity contribution in [1.29, 1.82) is 0 Å². The highest BCUT2D eigenvalue weighted by atomic mass is 35.5. The molecule has 4 rings (SSSR count). The number of aryl methyl sites for hydroxylation is 1. The van der Waals surface area contributed by atoms with Gasteiger partial charge in [0.1, 0.15) is 5.15 Å². The molecule has 1 aromatic heterocycles. The minimum Gasteiger partial charge on any atom is -0.322 e. The third-order valence-electron chi connectivity index (χ3n) is 5.30. The highest BCUT2D eigenvalue weighted by molar-refractivity contribution is 7.89. The number of sulfonamides is 1. The van der Waals surface area contributed by atoms with Gasteiger partial charge in [0.05, 0.1) is 10.4 Å². The van der Waals surface area contributed by atoms with Crippen molar-refractivity contribution in [1.82, 2.24) is 9.29 Å². The van der Waals surface area contributed by atoms with E-state index in [9.17, 15) is 13.2 Å². The van der Waals surface area contributed by atoms with Gasteiger partial charge >= 0.3 is 0 Å². The van der Waals surface area contributed by atoms with Crippen LogP contribution in [-0.2, 0) is 10.0 Å². The molecular formula is C22H22ClN3O3S. The lowest BCUT2D eigenvalue weighted by Crippen LogP contribution is -2.36. The molecule has 6 nitrogen and oxygen atoms in total. The number of nitrogens with one attached hydrogen (secondary N) is 1. The number of anilines is 1. The van der Waals surface area contributed by atoms with E-state index in [0.717, 1.165) is 24.6 Å². The number of halogens is 1. The number of hydrogen-bond donors (Lipinski definition) is 1. The summed E-state index contributed by atoms with van der Waals surface area (Å²) < 4.78 is 27.7. The van der Waals surface area contributed by atoms with Crippen LogP contribution in [0.5, 0.6) is 0 Å². The van der Waals surface area contributed by atoms with Crippen molar-refractivity contribution in [2.45, 2.75) is 31.1 Å². The van der Waals surface area contributed by atoms with Crippen LogP contribution < -0.4 is 5.32 Å². The van der Waals surface area contributed by atoms with Gasteiger partial charge in [-0.2, -0.15) is 4.31 Å². The summed E-state index contributed by atoms with van der Waals surface area (Å²) in [6.45, 7) is 2.84. The van der Waals surface area contributed by atoms with E-state index in [1.165, 1.54) is 4.31 Å². The van der Waals surface area contributed by atoms with E-state index in [-0.39, 0.29) is 10.8 Å². The number of nitrogens with zero attached hydrogens (tertiary/aromatic N) is 2. The summed E-state index contributed by atoms with van der Waals surface area (Å²) in [6, 6.07) is 13.6. The third-order valence-corrected chi connectivity index (χ3v) is 7.55. The number of carbonyl (C=O) groups excluding carboxylic acids is 1. The van der Waals surface area contributed by atoms with Crippen LogP contribution in [0.4, 0.5) is 5.69 Å². The Labute approximate surface area is 180 Å². The summed E-state index contributed by atoms with van der Waals surface area (Å²) in [7, 11) is -3.59. The molecule has 0 atom stereocenters. The van der Waals surface area contributed by atoms with E-state index >= 15 is 0 Å². The zero-order chi connectivity index (χ0) is 21.3. The lowest BCUT2D eigenvalue weighted by Gasteiger charge is -2.26. The highest BCUT2D eigenvalue weighted by Crippen LogP contribution is 2.26. The lowest BCUT2D eigenvalue weighted by molar-refractivity contribution is 0.102. The Morgan fingerprint density at radius 3 is 2.57 bits per heavy atom. The Hall–Kier alpha value is -2.48. The SMILES string of the molecule is Cc1ccc(NC(=O)c2ccc3nc(Cl)ccc3c2)cc1S(=O)(=O)N1CCCCC1. The standard InChI is InChI=1S/C22H22ClN3O3S/c1-15-5-8-18(14-20(15)30(28,29)26-11-3-2-4-12-26)24-22(27)17-6-9-19-16(13-17)7-10-21(23)25-19/h5-10,13-14H,2-4,11-12H2,1H3,(H,24,27). The quantitative estimate of drug-likeness (QED) is 0.596. The fraction of sp³-hybridized carbons (Fsp3) is 0.273. The summed E-state index contributed by atoms with van der Waals surface area (Å²) in [5.41, 5.74) is 2.25. The molecule has 0 spiro atoms. The van der Waals surface area contributed by atoms with Crippen LogP contribution in [-0.4, -0.2) is 36.7 Å². The summed E-state index contributed by atoms with van der Waals surface area (Å²) >= 11 is 5.91. The molecule has 3 aromatic rings. The molecule has 30 heavy (non-hydrogen) atoms. The van der Waals surface area contributed by atoms with Gasteiger partial charge in [-0.1, -0.05) is 24.1 Å². The molecule has 0 unspecified atom stereocenters. The van der Waals surface area contributed by atoms with Crippen LogP contribution in [0.2, 0.25) is 5.15 Å². The monoisotopic (exact) mass is 443 g/mol. The Morgan fingerprint density at radius 1 is 1.03 bits per heavy atom. The smallest absolute Gasteiger partial charge is 0.255 e. The first-order chi connectivity index (χ1) is 14.3. The van der Waals surface area contributed by atoms with E-state index in [0.29, 0.717) is 40.6 Å². The van der Waals surface area contributed by atoms with E-state index in [1.54, 1.807) is 55.5 Å². The van der Waals surface area contributed by atoms with Crippen LogP contribution >= 0.6 is 11.6 Å². The van der Waals surface area contributed by atoms with Crippen molar-refractivity contribution in [3.8, 4) is 0 Å². The summed E-state index contributed by atoms with van der Waals surface area (Å²) in [4.78, 5) is 17.2. The highest BCUT2D eigenvalue weighted by Gasteiger charge is 2.27. The lowest BCUT2D eigenvalue weighted by atomic mass is 10.1. The predicted octanol–water partition coefficient (Wildman–Crippen LogP) is 4.62. The Bertz CT molecular complexity index is 1220. The molecular weight excluding hydrogens is 422 g/mol. The number of carbonyl (C=O) groups is 1. The maximum Gasteiger partial charge on any atom is 0.255 e.